The summed E-state index contributed by atoms with van der Waals surface area (Å²) in [4.78, 5) is 27.1. The predicted octanol–water partition coefficient (Wildman–Crippen LogP) is 4.64. The van der Waals surface area contributed by atoms with Crippen molar-refractivity contribution in [2.45, 2.75) is 51.5 Å². The lowest BCUT2D eigenvalue weighted by molar-refractivity contribution is 0.0833. The summed E-state index contributed by atoms with van der Waals surface area (Å²) in [6, 6.07) is 9.66. The molecule has 0 atom stereocenters. The molecule has 5 rings (SSSR count). The number of carbonyl (C=O) groups excluding carboxylic acids is 1. The van der Waals surface area contributed by atoms with Crippen molar-refractivity contribution in [3.8, 4) is 0 Å². The van der Waals surface area contributed by atoms with Gasteiger partial charge in [-0.3, -0.25) is 9.69 Å². The van der Waals surface area contributed by atoms with Crippen LogP contribution in [0.3, 0.4) is 0 Å². The molecule has 0 unspecified atom stereocenters. The molecule has 0 bridgehead atoms. The van der Waals surface area contributed by atoms with E-state index in [9.17, 15) is 4.79 Å². The lowest BCUT2D eigenvalue weighted by Gasteiger charge is -2.30. The first-order valence-corrected chi connectivity index (χ1v) is 11.9. The standard InChI is InChI=1S/C24H28N4OS/c25-23-21-18-9-5-2-6-10-19(18)30-24(21)27-20(26-23)15-28-13-11-17(12-14-28)22(29)16-7-3-1-4-8-16/h1,3-4,7-8,17H,2,5-6,9-15H2,(H2,25,26,27). The minimum absolute atomic E-state index is 0.116. The third-order valence-electron chi connectivity index (χ3n) is 6.52. The number of thiophene rings is 1. The number of benzene rings is 1. The molecule has 0 amide bonds. The van der Waals surface area contributed by atoms with Gasteiger partial charge in [-0.1, -0.05) is 36.8 Å². The first-order valence-electron chi connectivity index (χ1n) is 11.1. The zero-order chi connectivity index (χ0) is 20.5. The van der Waals surface area contributed by atoms with E-state index in [0.29, 0.717) is 12.4 Å². The van der Waals surface area contributed by atoms with E-state index in [4.69, 9.17) is 10.7 Å². The summed E-state index contributed by atoms with van der Waals surface area (Å²) < 4.78 is 0. The SMILES string of the molecule is Nc1nc(CN2CCC(C(=O)c3ccccc3)CC2)nc2sc3c(c12)CCCCC3. The molecule has 3 aromatic rings. The number of anilines is 1. The number of Topliss-reactive ketones (excluding diaryl/α,β-unsaturated/α-hetero) is 1. The van der Waals surface area contributed by atoms with Crippen LogP contribution in [-0.4, -0.2) is 33.7 Å². The fourth-order valence-corrected chi connectivity index (χ4v) is 6.16. The lowest BCUT2D eigenvalue weighted by atomic mass is 9.89. The summed E-state index contributed by atoms with van der Waals surface area (Å²) in [6.07, 6.45) is 7.81. The fraction of sp³-hybridized carbons (Fsp3) is 0.458. The topological polar surface area (TPSA) is 72.1 Å². The van der Waals surface area contributed by atoms with E-state index in [2.05, 4.69) is 9.88 Å². The molecular formula is C24H28N4OS. The van der Waals surface area contributed by atoms with Gasteiger partial charge in [-0.2, -0.15) is 0 Å². The summed E-state index contributed by atoms with van der Waals surface area (Å²) in [6.45, 7) is 2.49. The van der Waals surface area contributed by atoms with Crippen molar-refractivity contribution < 1.29 is 4.79 Å². The van der Waals surface area contributed by atoms with E-state index < -0.39 is 0 Å². The van der Waals surface area contributed by atoms with Crippen LogP contribution in [0.1, 0.15) is 58.7 Å². The highest BCUT2D eigenvalue weighted by atomic mass is 32.1. The number of likely N-dealkylation sites (tertiary alicyclic amines) is 1. The van der Waals surface area contributed by atoms with E-state index in [1.54, 1.807) is 0 Å². The van der Waals surface area contributed by atoms with E-state index in [1.807, 2.05) is 41.7 Å². The highest BCUT2D eigenvalue weighted by molar-refractivity contribution is 7.19. The number of hydrogen-bond acceptors (Lipinski definition) is 6. The number of carbonyl (C=O) groups is 1. The Morgan fingerprint density at radius 2 is 1.83 bits per heavy atom. The van der Waals surface area contributed by atoms with Crippen molar-refractivity contribution >= 4 is 33.2 Å². The highest BCUT2D eigenvalue weighted by Gasteiger charge is 2.26. The minimum Gasteiger partial charge on any atom is -0.383 e. The number of hydrogen-bond donors (Lipinski definition) is 1. The predicted molar refractivity (Wildman–Crippen MR) is 122 cm³/mol. The van der Waals surface area contributed by atoms with E-state index in [0.717, 1.165) is 60.4 Å². The van der Waals surface area contributed by atoms with Crippen molar-refractivity contribution in [3.63, 3.8) is 0 Å². The molecule has 3 heterocycles. The Bertz CT molecular complexity index is 1050. The molecule has 0 saturated carbocycles. The number of nitrogen functional groups attached to an aromatic ring is 1. The molecule has 2 N–H and O–H groups in total. The van der Waals surface area contributed by atoms with Crippen LogP contribution in [0.15, 0.2) is 30.3 Å². The number of ketones is 1. The van der Waals surface area contributed by atoms with Gasteiger partial charge in [0.15, 0.2) is 5.78 Å². The number of piperidine rings is 1. The molecule has 0 spiro atoms. The molecular weight excluding hydrogens is 392 g/mol. The number of rotatable bonds is 4. The van der Waals surface area contributed by atoms with Crippen LogP contribution in [0.5, 0.6) is 0 Å². The summed E-state index contributed by atoms with van der Waals surface area (Å²) in [7, 11) is 0. The largest absolute Gasteiger partial charge is 0.383 e. The number of aromatic nitrogens is 2. The zero-order valence-electron chi connectivity index (χ0n) is 17.3. The summed E-state index contributed by atoms with van der Waals surface area (Å²) in [5.41, 5.74) is 8.63. The van der Waals surface area contributed by atoms with Crippen LogP contribution in [0, 0.1) is 5.92 Å². The Balaban J connectivity index is 1.27. The van der Waals surface area contributed by atoms with Gasteiger partial charge in [-0.15, -0.1) is 11.3 Å². The molecule has 1 saturated heterocycles. The fourth-order valence-electron chi connectivity index (χ4n) is 4.87. The molecule has 6 heteroatoms. The lowest BCUT2D eigenvalue weighted by Crippen LogP contribution is -2.36. The maximum atomic E-state index is 12.7. The van der Waals surface area contributed by atoms with Gasteiger partial charge in [0.2, 0.25) is 0 Å². The Hall–Kier alpha value is -2.31. The molecule has 1 aliphatic carbocycles. The second kappa shape index (κ2) is 8.44. The second-order valence-corrected chi connectivity index (χ2v) is 9.63. The van der Waals surface area contributed by atoms with Crippen molar-refractivity contribution in [1.82, 2.24) is 14.9 Å². The summed E-state index contributed by atoms with van der Waals surface area (Å²) >= 11 is 1.81. The van der Waals surface area contributed by atoms with Gasteiger partial charge in [0.25, 0.3) is 0 Å². The van der Waals surface area contributed by atoms with Crippen LogP contribution < -0.4 is 5.73 Å². The van der Waals surface area contributed by atoms with Gasteiger partial charge in [-0.05, 0) is 57.2 Å². The average molecular weight is 421 g/mol. The van der Waals surface area contributed by atoms with Crippen LogP contribution in [0.2, 0.25) is 0 Å². The van der Waals surface area contributed by atoms with Crippen molar-refractivity contribution in [1.29, 1.82) is 0 Å². The Morgan fingerprint density at radius 1 is 1.07 bits per heavy atom. The van der Waals surface area contributed by atoms with Gasteiger partial charge in [0, 0.05) is 16.4 Å². The van der Waals surface area contributed by atoms with Gasteiger partial charge < -0.3 is 5.73 Å². The molecule has 2 aliphatic rings. The maximum absolute atomic E-state index is 12.7. The van der Waals surface area contributed by atoms with Gasteiger partial charge in [0.05, 0.1) is 11.9 Å². The van der Waals surface area contributed by atoms with E-state index >= 15 is 0 Å². The molecule has 1 aliphatic heterocycles. The Morgan fingerprint density at radius 3 is 2.63 bits per heavy atom. The monoisotopic (exact) mass is 420 g/mol. The maximum Gasteiger partial charge on any atom is 0.166 e. The van der Waals surface area contributed by atoms with Gasteiger partial charge >= 0.3 is 0 Å². The normalized spacial score (nSPS) is 18.3. The van der Waals surface area contributed by atoms with Crippen molar-refractivity contribution in [2.75, 3.05) is 18.8 Å². The van der Waals surface area contributed by atoms with E-state index in [-0.39, 0.29) is 11.7 Å². The van der Waals surface area contributed by atoms with Gasteiger partial charge in [-0.25, -0.2) is 9.97 Å². The van der Waals surface area contributed by atoms with Gasteiger partial charge in [0.1, 0.15) is 16.5 Å². The minimum atomic E-state index is 0.116. The third kappa shape index (κ3) is 3.86. The molecule has 0 radical (unpaired) electrons. The molecule has 1 aromatic carbocycles. The first-order chi connectivity index (χ1) is 14.7. The summed E-state index contributed by atoms with van der Waals surface area (Å²) in [5, 5.41) is 1.10. The molecule has 156 valence electrons. The average Bonchev–Trinajstić information content (AvgIpc) is 2.96. The Kier molecular flexibility index (Phi) is 5.52. The van der Waals surface area contributed by atoms with E-state index in [1.165, 1.54) is 29.7 Å². The number of nitrogens with two attached hydrogens (primary N) is 1. The third-order valence-corrected chi connectivity index (χ3v) is 7.71. The van der Waals surface area contributed by atoms with Crippen LogP contribution in [0.4, 0.5) is 5.82 Å². The molecule has 30 heavy (non-hydrogen) atoms. The number of nitrogens with zero attached hydrogens (tertiary/aromatic N) is 3. The van der Waals surface area contributed by atoms with Crippen molar-refractivity contribution in [3.05, 3.63) is 52.2 Å². The Labute approximate surface area is 181 Å². The first kappa shape index (κ1) is 19.6. The molecule has 5 nitrogen and oxygen atoms in total. The summed E-state index contributed by atoms with van der Waals surface area (Å²) in [5.74, 6) is 1.84. The second-order valence-electron chi connectivity index (χ2n) is 8.55. The number of fused-ring (bicyclic) bond motifs is 3. The quantitative estimate of drug-likeness (QED) is 0.492. The van der Waals surface area contributed by atoms with Crippen LogP contribution in [-0.2, 0) is 19.4 Å². The smallest absolute Gasteiger partial charge is 0.166 e. The molecule has 2 aromatic heterocycles. The zero-order valence-corrected chi connectivity index (χ0v) is 18.1. The highest BCUT2D eigenvalue weighted by Crippen LogP contribution is 2.37. The van der Waals surface area contributed by atoms with Crippen LogP contribution >= 0.6 is 11.3 Å². The molecule has 1 fully saturated rings. The van der Waals surface area contributed by atoms with Crippen LogP contribution in [0.25, 0.3) is 10.2 Å². The van der Waals surface area contributed by atoms with Crippen molar-refractivity contribution in [2.24, 2.45) is 5.92 Å². The number of aryl methyl sites for hydroxylation is 2.